The number of rotatable bonds is 5. The van der Waals surface area contributed by atoms with E-state index in [2.05, 4.69) is 27.5 Å². The van der Waals surface area contributed by atoms with Crippen molar-refractivity contribution in [1.82, 2.24) is 20.4 Å². The van der Waals surface area contributed by atoms with Crippen LogP contribution in [0.2, 0.25) is 0 Å². The van der Waals surface area contributed by atoms with E-state index in [0.717, 1.165) is 58.1 Å². The lowest BCUT2D eigenvalue weighted by atomic mass is 9.84. The summed E-state index contributed by atoms with van der Waals surface area (Å²) >= 11 is 0. The zero-order valence-electron chi connectivity index (χ0n) is 18.7. The molecule has 0 unspecified atom stereocenters. The number of nitrogens with one attached hydrogen (secondary N) is 2. The Hall–Kier alpha value is -1.02. The molecule has 0 atom stereocenters. The van der Waals surface area contributed by atoms with Crippen molar-refractivity contribution in [3.8, 4) is 0 Å². The molecule has 2 N–H and O–H groups in total. The third-order valence-corrected chi connectivity index (χ3v) is 7.35. The molecular formula is C22H40F3N5. The molecule has 3 rings (SSSR count). The van der Waals surface area contributed by atoms with Crippen molar-refractivity contribution in [3.63, 3.8) is 0 Å². The van der Waals surface area contributed by atoms with E-state index in [1.165, 1.54) is 19.3 Å². The van der Waals surface area contributed by atoms with Crippen molar-refractivity contribution in [2.45, 2.75) is 82.5 Å². The molecule has 2 heterocycles. The lowest BCUT2D eigenvalue weighted by molar-refractivity contribution is -0.182. The van der Waals surface area contributed by atoms with Gasteiger partial charge in [-0.15, -0.1) is 0 Å². The van der Waals surface area contributed by atoms with E-state index in [1.54, 1.807) is 0 Å². The zero-order chi connectivity index (χ0) is 21.6. The smallest absolute Gasteiger partial charge is 0.357 e. The second-order valence-electron chi connectivity index (χ2n) is 9.50. The van der Waals surface area contributed by atoms with E-state index >= 15 is 0 Å². The van der Waals surface area contributed by atoms with E-state index < -0.39 is 12.1 Å². The normalized spacial score (nSPS) is 29.6. The topological polar surface area (TPSA) is 42.9 Å². The molecule has 5 nitrogen and oxygen atoms in total. The van der Waals surface area contributed by atoms with Crippen molar-refractivity contribution in [2.24, 2.45) is 10.9 Å². The molecule has 0 spiro atoms. The van der Waals surface area contributed by atoms with Crippen LogP contribution in [0.3, 0.4) is 0 Å². The summed E-state index contributed by atoms with van der Waals surface area (Å²) < 4.78 is 38.9. The number of alkyl halides is 3. The number of likely N-dealkylation sites (tertiary alicyclic amines) is 2. The van der Waals surface area contributed by atoms with Crippen LogP contribution in [0.15, 0.2) is 4.99 Å². The molecular weight excluding hydrogens is 391 g/mol. The molecule has 0 bridgehead atoms. The highest BCUT2D eigenvalue weighted by Crippen LogP contribution is 2.37. The number of hydrogen-bond acceptors (Lipinski definition) is 3. The molecule has 0 aromatic rings. The minimum Gasteiger partial charge on any atom is -0.357 e. The highest BCUT2D eigenvalue weighted by atomic mass is 19.4. The van der Waals surface area contributed by atoms with Gasteiger partial charge in [-0.3, -0.25) is 9.89 Å². The van der Waals surface area contributed by atoms with Crippen LogP contribution in [0.4, 0.5) is 13.2 Å². The summed E-state index contributed by atoms with van der Waals surface area (Å²) in [6, 6.07) is 0.0739. The third kappa shape index (κ3) is 6.25. The van der Waals surface area contributed by atoms with E-state index in [-0.39, 0.29) is 24.4 Å². The fraction of sp³-hybridized carbons (Fsp3) is 0.955. The van der Waals surface area contributed by atoms with Crippen molar-refractivity contribution in [1.29, 1.82) is 0 Å². The van der Waals surface area contributed by atoms with Crippen molar-refractivity contribution < 1.29 is 13.2 Å². The Bertz CT molecular complexity index is 543. The minimum absolute atomic E-state index is 0.0739. The number of aliphatic imine (C=N–C) groups is 1. The van der Waals surface area contributed by atoms with Crippen LogP contribution >= 0.6 is 0 Å². The lowest BCUT2D eigenvalue weighted by Crippen LogP contribution is -2.58. The molecule has 3 fully saturated rings. The Morgan fingerprint density at radius 1 is 1.00 bits per heavy atom. The van der Waals surface area contributed by atoms with Gasteiger partial charge in [0.05, 0.1) is 12.5 Å². The van der Waals surface area contributed by atoms with Gasteiger partial charge >= 0.3 is 6.18 Å². The molecule has 1 saturated carbocycles. The van der Waals surface area contributed by atoms with Crippen molar-refractivity contribution in [3.05, 3.63) is 0 Å². The largest absolute Gasteiger partial charge is 0.391 e. The third-order valence-electron chi connectivity index (χ3n) is 7.35. The zero-order valence-corrected chi connectivity index (χ0v) is 18.7. The Kier molecular flexibility index (Phi) is 8.30. The fourth-order valence-corrected chi connectivity index (χ4v) is 5.28. The Morgan fingerprint density at radius 2 is 1.63 bits per heavy atom. The van der Waals surface area contributed by atoms with Gasteiger partial charge in [0.25, 0.3) is 0 Å². The van der Waals surface area contributed by atoms with E-state index in [0.29, 0.717) is 12.8 Å². The summed E-state index contributed by atoms with van der Waals surface area (Å²) in [5.74, 6) is -0.375. The summed E-state index contributed by atoms with van der Waals surface area (Å²) in [6.45, 7) is 8.05. The van der Waals surface area contributed by atoms with E-state index in [1.807, 2.05) is 6.92 Å². The highest BCUT2D eigenvalue weighted by Gasteiger charge is 2.42. The molecule has 2 saturated heterocycles. The lowest BCUT2D eigenvalue weighted by Gasteiger charge is -2.49. The molecule has 1 aliphatic carbocycles. The SMILES string of the molecule is CCNC(=NCC1(N2CCCCC2)CCN(C)CC1)NC1CCC(C(F)(F)F)CC1. The first-order chi connectivity index (χ1) is 14.3. The first-order valence-electron chi connectivity index (χ1n) is 11.9. The average Bonchev–Trinajstić information content (AvgIpc) is 2.74. The predicted octanol–water partition coefficient (Wildman–Crippen LogP) is 3.61. The first-order valence-corrected chi connectivity index (χ1v) is 11.9. The first kappa shape index (κ1) is 23.6. The van der Waals surface area contributed by atoms with Gasteiger partial charge in [-0.05, 0) is 91.5 Å². The molecule has 3 aliphatic rings. The molecule has 0 radical (unpaired) electrons. The number of hydrogen-bond donors (Lipinski definition) is 2. The number of piperidine rings is 2. The fourth-order valence-electron chi connectivity index (χ4n) is 5.28. The van der Waals surface area contributed by atoms with Gasteiger partial charge < -0.3 is 15.5 Å². The maximum absolute atomic E-state index is 13.0. The van der Waals surface area contributed by atoms with Crippen LogP contribution in [0.25, 0.3) is 0 Å². The Labute approximate surface area is 179 Å². The molecule has 0 aromatic carbocycles. The molecule has 30 heavy (non-hydrogen) atoms. The van der Waals surface area contributed by atoms with Gasteiger partial charge in [-0.1, -0.05) is 6.42 Å². The molecule has 0 amide bonds. The molecule has 8 heteroatoms. The summed E-state index contributed by atoms with van der Waals surface area (Å²) in [6.07, 6.45) is 3.58. The van der Waals surface area contributed by atoms with Gasteiger partial charge in [-0.25, -0.2) is 0 Å². The average molecular weight is 432 g/mol. The second-order valence-corrected chi connectivity index (χ2v) is 9.50. The van der Waals surface area contributed by atoms with Gasteiger partial charge in [0.15, 0.2) is 5.96 Å². The van der Waals surface area contributed by atoms with Gasteiger partial charge in [-0.2, -0.15) is 13.2 Å². The standard InChI is InChI=1S/C22H40F3N5/c1-3-26-20(28-19-9-7-18(8-10-19)22(23,24)25)27-17-21(11-15-29(2)16-12-21)30-13-5-4-6-14-30/h18-19H,3-17H2,1-2H3,(H2,26,27,28). The maximum atomic E-state index is 13.0. The summed E-state index contributed by atoms with van der Waals surface area (Å²) in [5.41, 5.74) is 0.114. The highest BCUT2D eigenvalue weighted by molar-refractivity contribution is 5.80. The number of halogens is 3. The van der Waals surface area contributed by atoms with Crippen LogP contribution in [0, 0.1) is 5.92 Å². The maximum Gasteiger partial charge on any atom is 0.391 e. The molecule has 0 aromatic heterocycles. The number of guanidine groups is 1. The number of nitrogens with zero attached hydrogens (tertiary/aromatic N) is 3. The van der Waals surface area contributed by atoms with E-state index in [9.17, 15) is 13.2 Å². The van der Waals surface area contributed by atoms with Crippen LogP contribution in [0.1, 0.15) is 64.7 Å². The Balaban J connectivity index is 1.63. The second kappa shape index (κ2) is 10.5. The van der Waals surface area contributed by atoms with Gasteiger partial charge in [0.1, 0.15) is 0 Å². The molecule has 2 aliphatic heterocycles. The van der Waals surface area contributed by atoms with Crippen molar-refractivity contribution >= 4 is 5.96 Å². The van der Waals surface area contributed by atoms with Crippen LogP contribution in [-0.4, -0.2) is 79.8 Å². The predicted molar refractivity (Wildman–Crippen MR) is 116 cm³/mol. The monoisotopic (exact) mass is 431 g/mol. The minimum atomic E-state index is -4.06. The van der Waals surface area contributed by atoms with Gasteiger partial charge in [0, 0.05) is 18.1 Å². The molecule has 174 valence electrons. The summed E-state index contributed by atoms with van der Waals surface area (Å²) in [7, 11) is 2.19. The van der Waals surface area contributed by atoms with Crippen molar-refractivity contribution in [2.75, 3.05) is 46.3 Å². The van der Waals surface area contributed by atoms with Crippen LogP contribution in [-0.2, 0) is 0 Å². The summed E-state index contributed by atoms with van der Waals surface area (Å²) in [4.78, 5) is 10.1. The van der Waals surface area contributed by atoms with E-state index in [4.69, 9.17) is 4.99 Å². The van der Waals surface area contributed by atoms with Crippen LogP contribution in [0.5, 0.6) is 0 Å². The van der Waals surface area contributed by atoms with Crippen LogP contribution < -0.4 is 10.6 Å². The quantitative estimate of drug-likeness (QED) is 0.516. The Morgan fingerprint density at radius 3 is 2.20 bits per heavy atom. The summed E-state index contributed by atoms with van der Waals surface area (Å²) in [5, 5.41) is 6.77. The van der Waals surface area contributed by atoms with Gasteiger partial charge in [0.2, 0.25) is 0 Å².